The van der Waals surface area contributed by atoms with Crippen molar-refractivity contribution in [3.63, 3.8) is 0 Å². The number of anilines is 1. The van der Waals surface area contributed by atoms with Crippen molar-refractivity contribution in [2.45, 2.75) is 76.8 Å². The van der Waals surface area contributed by atoms with Gasteiger partial charge in [-0.2, -0.15) is 0 Å². The highest BCUT2D eigenvalue weighted by Crippen LogP contribution is 2.28. The lowest BCUT2D eigenvalue weighted by Crippen LogP contribution is -2.34. The molecule has 1 aliphatic carbocycles. The van der Waals surface area contributed by atoms with Crippen LogP contribution < -0.4 is 5.32 Å². The molecule has 1 heterocycles. The Bertz CT molecular complexity index is 654. The van der Waals surface area contributed by atoms with E-state index in [1.165, 1.54) is 44.1 Å². The average molecular weight is 424 g/mol. The first-order valence-electron chi connectivity index (χ1n) is 10.4. The summed E-state index contributed by atoms with van der Waals surface area (Å²) in [6.45, 7) is 4.35. The Morgan fingerprint density at radius 1 is 1.18 bits per heavy atom. The minimum atomic E-state index is 0. The normalized spacial score (nSPS) is 22.2. The number of carbonyl (C=O) groups is 1. The van der Waals surface area contributed by atoms with E-state index >= 15 is 0 Å². The van der Waals surface area contributed by atoms with Crippen LogP contribution in [0.4, 0.5) is 5.69 Å². The Hall–Kier alpha value is -1.20. The molecule has 1 N–H and O–H groups in total. The Balaban J connectivity index is 0.00000280. The number of nitrogens with zero attached hydrogens (tertiary/aromatic N) is 2. The van der Waals surface area contributed by atoms with E-state index in [1.54, 1.807) is 0 Å². The van der Waals surface area contributed by atoms with Crippen LogP contribution in [-0.4, -0.2) is 40.9 Å². The zero-order valence-electron chi connectivity index (χ0n) is 17.3. The van der Waals surface area contributed by atoms with Gasteiger partial charge in [0.15, 0.2) is 5.17 Å². The van der Waals surface area contributed by atoms with E-state index in [2.05, 4.69) is 43.2 Å². The van der Waals surface area contributed by atoms with Gasteiger partial charge in [-0.05, 0) is 36.5 Å². The molecule has 1 unspecified atom stereocenters. The second-order valence-corrected chi connectivity index (χ2v) is 9.15. The molecule has 0 bridgehead atoms. The molecule has 0 radical (unpaired) electrons. The van der Waals surface area contributed by atoms with Gasteiger partial charge in [-0.1, -0.05) is 63.4 Å². The van der Waals surface area contributed by atoms with Gasteiger partial charge in [-0.3, -0.25) is 9.79 Å². The number of rotatable bonds is 5. The summed E-state index contributed by atoms with van der Waals surface area (Å²) >= 11 is 1.81. The molecular weight excluding hydrogens is 390 g/mol. The summed E-state index contributed by atoms with van der Waals surface area (Å²) in [5, 5.41) is 4.17. The Morgan fingerprint density at radius 2 is 1.82 bits per heavy atom. The van der Waals surface area contributed by atoms with Gasteiger partial charge in [0.25, 0.3) is 0 Å². The number of thioether (sulfide) groups is 1. The fourth-order valence-corrected chi connectivity index (χ4v) is 5.04. The van der Waals surface area contributed by atoms with Crippen molar-refractivity contribution in [3.05, 3.63) is 29.8 Å². The summed E-state index contributed by atoms with van der Waals surface area (Å²) in [4.78, 5) is 19.7. The summed E-state index contributed by atoms with van der Waals surface area (Å²) in [5.41, 5.74) is 2.17. The van der Waals surface area contributed by atoms with Crippen LogP contribution >= 0.6 is 24.2 Å². The first kappa shape index (κ1) is 23.1. The van der Waals surface area contributed by atoms with Crippen LogP contribution in [0.15, 0.2) is 29.3 Å². The monoisotopic (exact) mass is 423 g/mol. The van der Waals surface area contributed by atoms with Gasteiger partial charge in [0, 0.05) is 31.0 Å². The molecule has 1 saturated heterocycles. The summed E-state index contributed by atoms with van der Waals surface area (Å²) < 4.78 is 0. The lowest BCUT2D eigenvalue weighted by Gasteiger charge is -2.21. The zero-order valence-corrected chi connectivity index (χ0v) is 19.0. The third kappa shape index (κ3) is 6.41. The third-order valence-corrected chi connectivity index (χ3v) is 6.86. The molecule has 28 heavy (non-hydrogen) atoms. The van der Waals surface area contributed by atoms with E-state index in [0.29, 0.717) is 18.4 Å². The van der Waals surface area contributed by atoms with Crippen LogP contribution in [0.1, 0.15) is 70.3 Å². The smallest absolute Gasteiger partial charge is 0.226 e. The molecule has 0 aromatic heterocycles. The minimum absolute atomic E-state index is 0. The van der Waals surface area contributed by atoms with Crippen molar-refractivity contribution in [2.75, 3.05) is 18.1 Å². The molecule has 1 aromatic carbocycles. The van der Waals surface area contributed by atoms with Gasteiger partial charge in [0.1, 0.15) is 0 Å². The quantitative estimate of drug-likeness (QED) is 0.619. The molecule has 4 nitrogen and oxygen atoms in total. The SMILES string of the molecule is CC(C)c1ccc(NC(=O)CC2CSC(=NC3CCCCCC3)N2C)cc1.Cl. The van der Waals surface area contributed by atoms with Gasteiger partial charge in [-0.25, -0.2) is 0 Å². The fraction of sp³-hybridized carbons (Fsp3) is 0.636. The van der Waals surface area contributed by atoms with Gasteiger partial charge >= 0.3 is 0 Å². The summed E-state index contributed by atoms with van der Waals surface area (Å²) in [6.07, 6.45) is 8.26. The summed E-state index contributed by atoms with van der Waals surface area (Å²) in [6, 6.07) is 8.89. The number of nitrogens with one attached hydrogen (secondary N) is 1. The van der Waals surface area contributed by atoms with Gasteiger partial charge in [0.2, 0.25) is 5.91 Å². The second-order valence-electron chi connectivity index (χ2n) is 8.16. The highest BCUT2D eigenvalue weighted by atomic mass is 35.5. The number of aliphatic imine (C=N–C) groups is 1. The highest BCUT2D eigenvalue weighted by Gasteiger charge is 2.29. The maximum absolute atomic E-state index is 12.5. The van der Waals surface area contributed by atoms with Crippen molar-refractivity contribution < 1.29 is 4.79 Å². The van der Waals surface area contributed by atoms with E-state index in [9.17, 15) is 4.79 Å². The molecule has 3 rings (SSSR count). The minimum Gasteiger partial charge on any atom is -0.350 e. The number of halogens is 1. The van der Waals surface area contributed by atoms with Gasteiger partial charge < -0.3 is 10.2 Å². The lowest BCUT2D eigenvalue weighted by molar-refractivity contribution is -0.116. The Kier molecular flexibility index (Phi) is 9.16. The average Bonchev–Trinajstić information content (AvgIpc) is 2.85. The number of hydrogen-bond acceptors (Lipinski definition) is 3. The van der Waals surface area contributed by atoms with Crippen LogP contribution in [0.2, 0.25) is 0 Å². The largest absolute Gasteiger partial charge is 0.350 e. The molecule has 6 heteroatoms. The topological polar surface area (TPSA) is 44.7 Å². The van der Waals surface area contributed by atoms with Crippen molar-refractivity contribution in [3.8, 4) is 0 Å². The van der Waals surface area contributed by atoms with E-state index in [4.69, 9.17) is 4.99 Å². The van der Waals surface area contributed by atoms with E-state index in [1.807, 2.05) is 23.9 Å². The van der Waals surface area contributed by atoms with E-state index < -0.39 is 0 Å². The molecule has 1 aromatic rings. The number of amidine groups is 1. The molecule has 156 valence electrons. The molecule has 0 spiro atoms. The Labute approximate surface area is 180 Å². The maximum Gasteiger partial charge on any atom is 0.226 e. The summed E-state index contributed by atoms with van der Waals surface area (Å²) in [5.74, 6) is 1.53. The molecule has 1 saturated carbocycles. The first-order chi connectivity index (χ1) is 13.0. The van der Waals surface area contributed by atoms with Gasteiger partial charge in [-0.15, -0.1) is 12.4 Å². The molecule has 1 atom stereocenters. The van der Waals surface area contributed by atoms with Gasteiger partial charge in [0.05, 0.1) is 6.04 Å². The number of benzene rings is 1. The molecular formula is C22H34ClN3OS. The fourth-order valence-electron chi connectivity index (χ4n) is 3.79. The predicted octanol–water partition coefficient (Wildman–Crippen LogP) is 5.69. The number of hydrogen-bond donors (Lipinski definition) is 1. The van der Waals surface area contributed by atoms with Crippen LogP contribution in [0.5, 0.6) is 0 Å². The van der Waals surface area contributed by atoms with Crippen molar-refractivity contribution >= 4 is 40.9 Å². The second kappa shape index (κ2) is 11.1. The van der Waals surface area contributed by atoms with Crippen molar-refractivity contribution in [2.24, 2.45) is 4.99 Å². The standard InChI is InChI=1S/C22H33N3OS.ClH/c1-16(2)17-10-12-19(13-11-17)23-21(26)14-20-15-27-22(25(20)3)24-18-8-6-4-5-7-9-18;/h10-13,16,18,20H,4-9,14-15H2,1-3H3,(H,23,26);1H. The maximum atomic E-state index is 12.5. The van der Waals surface area contributed by atoms with E-state index in [0.717, 1.165) is 16.6 Å². The van der Waals surface area contributed by atoms with Crippen molar-refractivity contribution in [1.29, 1.82) is 0 Å². The highest BCUT2D eigenvalue weighted by molar-refractivity contribution is 8.14. The molecule has 1 aliphatic heterocycles. The predicted molar refractivity (Wildman–Crippen MR) is 124 cm³/mol. The molecule has 1 amide bonds. The lowest BCUT2D eigenvalue weighted by atomic mass is 10.0. The molecule has 2 aliphatic rings. The van der Waals surface area contributed by atoms with Crippen LogP contribution in [-0.2, 0) is 4.79 Å². The Morgan fingerprint density at radius 3 is 2.43 bits per heavy atom. The third-order valence-electron chi connectivity index (χ3n) is 5.65. The van der Waals surface area contributed by atoms with Crippen LogP contribution in [0, 0.1) is 0 Å². The number of amides is 1. The zero-order chi connectivity index (χ0) is 19.2. The van der Waals surface area contributed by atoms with Crippen LogP contribution in [0.25, 0.3) is 0 Å². The summed E-state index contributed by atoms with van der Waals surface area (Å²) in [7, 11) is 2.09. The van der Waals surface area contributed by atoms with Crippen LogP contribution in [0.3, 0.4) is 0 Å². The van der Waals surface area contributed by atoms with E-state index in [-0.39, 0.29) is 24.4 Å². The number of carbonyl (C=O) groups excluding carboxylic acids is 1. The molecule has 2 fully saturated rings. The first-order valence-corrected chi connectivity index (χ1v) is 11.3. The van der Waals surface area contributed by atoms with Crippen molar-refractivity contribution in [1.82, 2.24) is 4.90 Å².